The SMILES string of the molecule is N#Cc1cc(CN)ccc1N(Cc1ccsc1)C1CC1. The molecule has 0 aliphatic heterocycles. The molecule has 0 saturated heterocycles. The number of thiophene rings is 1. The largest absolute Gasteiger partial charge is 0.363 e. The van der Waals surface area contributed by atoms with E-state index in [0.29, 0.717) is 12.6 Å². The molecule has 1 aliphatic carbocycles. The Bertz CT molecular complexity index is 624. The van der Waals surface area contributed by atoms with E-state index in [4.69, 9.17) is 5.73 Å². The molecule has 102 valence electrons. The zero-order chi connectivity index (χ0) is 13.9. The summed E-state index contributed by atoms with van der Waals surface area (Å²) in [6, 6.07) is 11.0. The van der Waals surface area contributed by atoms with Gasteiger partial charge in [-0.05, 0) is 52.9 Å². The van der Waals surface area contributed by atoms with Crippen molar-refractivity contribution in [1.29, 1.82) is 5.26 Å². The summed E-state index contributed by atoms with van der Waals surface area (Å²) in [5, 5.41) is 13.7. The van der Waals surface area contributed by atoms with Crippen molar-refractivity contribution in [3.05, 3.63) is 51.7 Å². The van der Waals surface area contributed by atoms with Crippen molar-refractivity contribution in [1.82, 2.24) is 0 Å². The Kier molecular flexibility index (Phi) is 3.72. The summed E-state index contributed by atoms with van der Waals surface area (Å²) in [4.78, 5) is 2.36. The quantitative estimate of drug-likeness (QED) is 0.916. The second-order valence-corrected chi connectivity index (χ2v) is 5.94. The van der Waals surface area contributed by atoms with Gasteiger partial charge < -0.3 is 10.6 Å². The van der Waals surface area contributed by atoms with E-state index in [1.54, 1.807) is 11.3 Å². The summed E-state index contributed by atoms with van der Waals surface area (Å²) >= 11 is 1.72. The maximum atomic E-state index is 9.40. The topological polar surface area (TPSA) is 53.1 Å². The number of hydrogen-bond acceptors (Lipinski definition) is 4. The highest BCUT2D eigenvalue weighted by atomic mass is 32.1. The number of nitrogens with zero attached hydrogens (tertiary/aromatic N) is 2. The van der Waals surface area contributed by atoms with Crippen molar-refractivity contribution in [2.24, 2.45) is 5.73 Å². The summed E-state index contributed by atoms with van der Waals surface area (Å²) in [7, 11) is 0. The first kappa shape index (κ1) is 13.2. The lowest BCUT2D eigenvalue weighted by atomic mass is 10.1. The molecule has 20 heavy (non-hydrogen) atoms. The van der Waals surface area contributed by atoms with Crippen molar-refractivity contribution in [2.45, 2.75) is 32.0 Å². The number of hydrogen-bond donors (Lipinski definition) is 1. The highest BCUT2D eigenvalue weighted by molar-refractivity contribution is 7.07. The Hall–Kier alpha value is -1.83. The maximum absolute atomic E-state index is 9.40. The van der Waals surface area contributed by atoms with Gasteiger partial charge in [-0.3, -0.25) is 0 Å². The molecule has 0 amide bonds. The molecule has 1 saturated carbocycles. The first-order valence-electron chi connectivity index (χ1n) is 6.82. The minimum absolute atomic E-state index is 0.475. The van der Waals surface area contributed by atoms with Gasteiger partial charge in [0.2, 0.25) is 0 Å². The lowest BCUT2D eigenvalue weighted by Gasteiger charge is -2.25. The Morgan fingerprint density at radius 1 is 1.30 bits per heavy atom. The predicted octanol–water partition coefficient (Wildman–Crippen LogP) is 3.25. The summed E-state index contributed by atoms with van der Waals surface area (Å²) in [5.41, 5.74) is 9.76. The molecule has 1 fully saturated rings. The van der Waals surface area contributed by atoms with Crippen molar-refractivity contribution in [3.8, 4) is 6.07 Å². The molecule has 0 bridgehead atoms. The standard InChI is InChI=1S/C16H17N3S/c17-8-12-1-4-16(14(7-12)9-18)19(15-2-3-15)10-13-5-6-20-11-13/h1,4-7,11,15H,2-3,8,10,17H2. The average Bonchev–Trinajstić information content (AvgIpc) is 3.21. The van der Waals surface area contributed by atoms with E-state index >= 15 is 0 Å². The van der Waals surface area contributed by atoms with Gasteiger partial charge in [-0.2, -0.15) is 16.6 Å². The van der Waals surface area contributed by atoms with Crippen LogP contribution in [0.1, 0.15) is 29.5 Å². The second-order valence-electron chi connectivity index (χ2n) is 5.16. The van der Waals surface area contributed by atoms with Crippen LogP contribution in [0.5, 0.6) is 0 Å². The molecule has 1 aliphatic rings. The minimum atomic E-state index is 0.475. The van der Waals surface area contributed by atoms with Crippen molar-refractivity contribution in [3.63, 3.8) is 0 Å². The summed E-state index contributed by atoms with van der Waals surface area (Å²) < 4.78 is 0. The number of anilines is 1. The fourth-order valence-electron chi connectivity index (χ4n) is 2.43. The second kappa shape index (κ2) is 5.66. The van der Waals surface area contributed by atoms with E-state index in [1.807, 2.05) is 18.2 Å². The van der Waals surface area contributed by atoms with Gasteiger partial charge in [0.05, 0.1) is 11.3 Å². The van der Waals surface area contributed by atoms with Crippen LogP contribution in [0.3, 0.4) is 0 Å². The number of rotatable bonds is 5. The van der Waals surface area contributed by atoms with Crippen LogP contribution in [0.4, 0.5) is 5.69 Å². The molecule has 0 unspecified atom stereocenters. The lowest BCUT2D eigenvalue weighted by Crippen LogP contribution is -2.25. The van der Waals surface area contributed by atoms with E-state index in [1.165, 1.54) is 18.4 Å². The van der Waals surface area contributed by atoms with Crippen LogP contribution in [-0.4, -0.2) is 6.04 Å². The van der Waals surface area contributed by atoms with Crippen LogP contribution in [-0.2, 0) is 13.1 Å². The van der Waals surface area contributed by atoms with Gasteiger partial charge in [0, 0.05) is 19.1 Å². The Labute approximate surface area is 123 Å². The molecule has 1 aromatic heterocycles. The molecule has 2 N–H and O–H groups in total. The van der Waals surface area contributed by atoms with Crippen LogP contribution in [0, 0.1) is 11.3 Å². The summed E-state index contributed by atoms with van der Waals surface area (Å²) in [6.45, 7) is 1.35. The molecule has 0 radical (unpaired) electrons. The molecule has 0 atom stereocenters. The molecule has 1 heterocycles. The van der Waals surface area contributed by atoms with E-state index in [0.717, 1.165) is 23.4 Å². The first-order valence-corrected chi connectivity index (χ1v) is 7.77. The van der Waals surface area contributed by atoms with Crippen molar-refractivity contribution < 1.29 is 0 Å². The van der Waals surface area contributed by atoms with E-state index in [-0.39, 0.29) is 0 Å². The normalized spacial score (nSPS) is 14.0. The van der Waals surface area contributed by atoms with Gasteiger partial charge in [-0.25, -0.2) is 0 Å². The van der Waals surface area contributed by atoms with Crippen LogP contribution in [0.15, 0.2) is 35.0 Å². The first-order chi connectivity index (χ1) is 9.81. The zero-order valence-corrected chi connectivity index (χ0v) is 12.1. The van der Waals surface area contributed by atoms with Gasteiger partial charge in [0.1, 0.15) is 6.07 Å². The molecular formula is C16H17N3S. The van der Waals surface area contributed by atoms with E-state index in [9.17, 15) is 5.26 Å². The van der Waals surface area contributed by atoms with Crippen molar-refractivity contribution >= 4 is 17.0 Å². The Morgan fingerprint density at radius 3 is 2.75 bits per heavy atom. The summed E-state index contributed by atoms with van der Waals surface area (Å²) in [6.07, 6.45) is 2.43. The smallest absolute Gasteiger partial charge is 0.101 e. The molecule has 3 nitrogen and oxygen atoms in total. The maximum Gasteiger partial charge on any atom is 0.101 e. The van der Waals surface area contributed by atoms with Gasteiger partial charge in [0.25, 0.3) is 0 Å². The lowest BCUT2D eigenvalue weighted by molar-refractivity contribution is 0.794. The molecule has 0 spiro atoms. The van der Waals surface area contributed by atoms with Gasteiger partial charge in [0.15, 0.2) is 0 Å². The van der Waals surface area contributed by atoms with Gasteiger partial charge >= 0.3 is 0 Å². The molecule has 3 rings (SSSR count). The molecule has 4 heteroatoms. The predicted molar refractivity (Wildman–Crippen MR) is 82.6 cm³/mol. The van der Waals surface area contributed by atoms with Crippen molar-refractivity contribution in [2.75, 3.05) is 4.90 Å². The third-order valence-corrected chi connectivity index (χ3v) is 4.38. The fraction of sp³-hybridized carbons (Fsp3) is 0.312. The minimum Gasteiger partial charge on any atom is -0.363 e. The van der Waals surface area contributed by atoms with Crippen LogP contribution in [0.2, 0.25) is 0 Å². The zero-order valence-electron chi connectivity index (χ0n) is 11.2. The highest BCUT2D eigenvalue weighted by Crippen LogP contribution is 2.35. The molecule has 2 aromatic rings. The molecule has 1 aromatic carbocycles. The number of nitrogens with two attached hydrogens (primary N) is 1. The van der Waals surface area contributed by atoms with Gasteiger partial charge in [-0.1, -0.05) is 6.07 Å². The Balaban J connectivity index is 1.93. The number of nitriles is 1. The monoisotopic (exact) mass is 283 g/mol. The third-order valence-electron chi connectivity index (χ3n) is 3.65. The van der Waals surface area contributed by atoms with Crippen LogP contribution < -0.4 is 10.6 Å². The van der Waals surface area contributed by atoms with Gasteiger partial charge in [-0.15, -0.1) is 0 Å². The molecular weight excluding hydrogens is 266 g/mol. The third kappa shape index (κ3) is 2.69. The highest BCUT2D eigenvalue weighted by Gasteiger charge is 2.30. The average molecular weight is 283 g/mol. The fourth-order valence-corrected chi connectivity index (χ4v) is 3.09. The number of benzene rings is 1. The van der Waals surface area contributed by atoms with E-state index < -0.39 is 0 Å². The van der Waals surface area contributed by atoms with E-state index in [2.05, 4.69) is 27.8 Å². The summed E-state index contributed by atoms with van der Waals surface area (Å²) in [5.74, 6) is 0. The van der Waals surface area contributed by atoms with Crippen LogP contribution in [0.25, 0.3) is 0 Å². The van der Waals surface area contributed by atoms with Crippen LogP contribution >= 0.6 is 11.3 Å². The Morgan fingerprint density at radius 2 is 2.15 bits per heavy atom.